The summed E-state index contributed by atoms with van der Waals surface area (Å²) in [7, 11) is -3.61. The number of nitrogens with zero attached hydrogens (tertiary/aromatic N) is 1. The van der Waals surface area contributed by atoms with Gasteiger partial charge in [0.15, 0.2) is 9.84 Å². The standard InChI is InChI=1S/C21H21FN2O3S/c1-13-10-14(2)20-16(11-13)12-19(15(3)24-20)21(25)23-8-9-28(26,27)18-6-4-17(22)5-7-18/h4-7,10-12H,8-9H2,1-3H3,(H,23,25). The molecule has 146 valence electrons. The Morgan fingerprint density at radius 1 is 1.07 bits per heavy atom. The third-order valence-corrected chi connectivity index (χ3v) is 6.25. The van der Waals surface area contributed by atoms with Crippen molar-refractivity contribution < 1.29 is 17.6 Å². The van der Waals surface area contributed by atoms with Crippen molar-refractivity contribution in [2.24, 2.45) is 0 Å². The van der Waals surface area contributed by atoms with Gasteiger partial charge in [-0.25, -0.2) is 12.8 Å². The van der Waals surface area contributed by atoms with E-state index in [2.05, 4.69) is 10.3 Å². The Hall–Kier alpha value is -2.80. The number of sulfone groups is 1. The lowest BCUT2D eigenvalue weighted by Gasteiger charge is -2.11. The van der Waals surface area contributed by atoms with Gasteiger partial charge < -0.3 is 5.32 Å². The molecule has 1 aromatic heterocycles. The Labute approximate surface area is 163 Å². The predicted octanol–water partition coefficient (Wildman–Crippen LogP) is 3.50. The monoisotopic (exact) mass is 400 g/mol. The van der Waals surface area contributed by atoms with E-state index in [4.69, 9.17) is 0 Å². The summed E-state index contributed by atoms with van der Waals surface area (Å²) in [5, 5.41) is 3.51. The molecule has 0 aliphatic rings. The topological polar surface area (TPSA) is 76.1 Å². The number of aryl methyl sites for hydroxylation is 3. The first-order valence-corrected chi connectivity index (χ1v) is 10.5. The Morgan fingerprint density at radius 2 is 1.75 bits per heavy atom. The number of pyridine rings is 1. The second kappa shape index (κ2) is 7.67. The van der Waals surface area contributed by atoms with Crippen LogP contribution in [-0.4, -0.2) is 31.6 Å². The lowest BCUT2D eigenvalue weighted by Crippen LogP contribution is -2.29. The second-order valence-corrected chi connectivity index (χ2v) is 8.91. The molecule has 1 N–H and O–H groups in total. The Morgan fingerprint density at radius 3 is 2.43 bits per heavy atom. The minimum Gasteiger partial charge on any atom is -0.351 e. The van der Waals surface area contributed by atoms with E-state index in [9.17, 15) is 17.6 Å². The van der Waals surface area contributed by atoms with Crippen LogP contribution in [0, 0.1) is 26.6 Å². The summed E-state index contributed by atoms with van der Waals surface area (Å²) >= 11 is 0. The van der Waals surface area contributed by atoms with Crippen molar-refractivity contribution in [3.63, 3.8) is 0 Å². The molecule has 3 rings (SSSR count). The van der Waals surface area contributed by atoms with Gasteiger partial charge in [0.25, 0.3) is 5.91 Å². The van der Waals surface area contributed by atoms with Crippen molar-refractivity contribution in [1.82, 2.24) is 10.3 Å². The molecule has 1 amide bonds. The van der Waals surface area contributed by atoms with Crippen LogP contribution in [0.2, 0.25) is 0 Å². The van der Waals surface area contributed by atoms with E-state index in [1.165, 1.54) is 12.1 Å². The highest BCUT2D eigenvalue weighted by Gasteiger charge is 2.17. The van der Waals surface area contributed by atoms with Crippen molar-refractivity contribution in [2.45, 2.75) is 25.7 Å². The predicted molar refractivity (Wildman–Crippen MR) is 107 cm³/mol. The number of amides is 1. The fraction of sp³-hybridized carbons (Fsp3) is 0.238. The van der Waals surface area contributed by atoms with Gasteiger partial charge in [-0.2, -0.15) is 0 Å². The van der Waals surface area contributed by atoms with Gasteiger partial charge in [-0.15, -0.1) is 0 Å². The van der Waals surface area contributed by atoms with Gasteiger partial charge >= 0.3 is 0 Å². The molecule has 0 aliphatic heterocycles. The van der Waals surface area contributed by atoms with Crippen LogP contribution in [0.25, 0.3) is 10.9 Å². The Bertz CT molecular complexity index is 1160. The van der Waals surface area contributed by atoms with Gasteiger partial charge in [0.2, 0.25) is 0 Å². The lowest BCUT2D eigenvalue weighted by molar-refractivity contribution is 0.0955. The zero-order chi connectivity index (χ0) is 20.5. The maximum absolute atomic E-state index is 13.0. The van der Waals surface area contributed by atoms with Crippen LogP contribution in [0.5, 0.6) is 0 Å². The molecule has 0 spiro atoms. The van der Waals surface area contributed by atoms with Crippen molar-refractivity contribution in [3.8, 4) is 0 Å². The maximum atomic E-state index is 13.0. The fourth-order valence-electron chi connectivity index (χ4n) is 3.13. The van der Waals surface area contributed by atoms with Gasteiger partial charge in [0, 0.05) is 11.9 Å². The van der Waals surface area contributed by atoms with Gasteiger partial charge in [0.1, 0.15) is 5.82 Å². The van der Waals surface area contributed by atoms with Gasteiger partial charge in [-0.05, 0) is 62.7 Å². The molecule has 0 bridgehead atoms. The number of fused-ring (bicyclic) bond motifs is 1. The first-order valence-electron chi connectivity index (χ1n) is 8.82. The van der Waals surface area contributed by atoms with E-state index in [1.807, 2.05) is 26.0 Å². The average molecular weight is 400 g/mol. The van der Waals surface area contributed by atoms with E-state index in [0.29, 0.717) is 11.3 Å². The maximum Gasteiger partial charge on any atom is 0.253 e. The molecule has 3 aromatic rings. The van der Waals surface area contributed by atoms with Gasteiger partial charge in [0.05, 0.1) is 27.4 Å². The van der Waals surface area contributed by atoms with E-state index in [0.717, 1.165) is 34.2 Å². The molecule has 0 atom stereocenters. The van der Waals surface area contributed by atoms with Crippen molar-refractivity contribution >= 4 is 26.6 Å². The zero-order valence-electron chi connectivity index (χ0n) is 15.9. The number of carbonyl (C=O) groups excluding carboxylic acids is 1. The van der Waals surface area contributed by atoms with Crippen molar-refractivity contribution in [1.29, 1.82) is 0 Å². The van der Waals surface area contributed by atoms with Crippen LogP contribution >= 0.6 is 0 Å². The highest BCUT2D eigenvalue weighted by Crippen LogP contribution is 2.21. The molecule has 0 aliphatic carbocycles. The largest absolute Gasteiger partial charge is 0.351 e. The molecule has 0 radical (unpaired) electrons. The molecule has 2 aromatic carbocycles. The number of hydrogen-bond donors (Lipinski definition) is 1. The number of carbonyl (C=O) groups is 1. The number of benzene rings is 2. The van der Waals surface area contributed by atoms with Crippen LogP contribution < -0.4 is 5.32 Å². The van der Waals surface area contributed by atoms with E-state index >= 15 is 0 Å². The number of halogens is 1. The van der Waals surface area contributed by atoms with Crippen LogP contribution in [-0.2, 0) is 9.84 Å². The smallest absolute Gasteiger partial charge is 0.253 e. The summed E-state index contributed by atoms with van der Waals surface area (Å²) in [4.78, 5) is 17.1. The minimum absolute atomic E-state index is 0.0256. The molecule has 0 saturated carbocycles. The number of rotatable bonds is 5. The Kier molecular flexibility index (Phi) is 5.47. The van der Waals surface area contributed by atoms with Crippen LogP contribution in [0.15, 0.2) is 47.4 Å². The molecule has 28 heavy (non-hydrogen) atoms. The third kappa shape index (κ3) is 4.20. The summed E-state index contributed by atoms with van der Waals surface area (Å²) in [5.74, 6) is -1.15. The molecule has 0 fully saturated rings. The van der Waals surface area contributed by atoms with Crippen LogP contribution in [0.1, 0.15) is 27.2 Å². The van der Waals surface area contributed by atoms with Gasteiger partial charge in [-0.1, -0.05) is 11.6 Å². The van der Waals surface area contributed by atoms with Gasteiger partial charge in [-0.3, -0.25) is 9.78 Å². The first kappa shape index (κ1) is 19.9. The summed E-state index contributed by atoms with van der Waals surface area (Å²) in [5.41, 5.74) is 3.96. The highest BCUT2D eigenvalue weighted by atomic mass is 32.2. The molecule has 7 heteroatoms. The number of aromatic nitrogens is 1. The zero-order valence-corrected chi connectivity index (χ0v) is 16.7. The lowest BCUT2D eigenvalue weighted by atomic mass is 10.0. The SMILES string of the molecule is Cc1cc(C)c2nc(C)c(C(=O)NCCS(=O)(=O)c3ccc(F)cc3)cc2c1. The molecule has 5 nitrogen and oxygen atoms in total. The number of hydrogen-bond acceptors (Lipinski definition) is 4. The third-order valence-electron chi connectivity index (χ3n) is 4.52. The summed E-state index contributed by atoms with van der Waals surface area (Å²) in [6.45, 7) is 5.65. The first-order chi connectivity index (χ1) is 13.2. The fourth-order valence-corrected chi connectivity index (χ4v) is 4.28. The minimum atomic E-state index is -3.61. The second-order valence-electron chi connectivity index (χ2n) is 6.80. The van der Waals surface area contributed by atoms with E-state index in [1.54, 1.807) is 13.0 Å². The van der Waals surface area contributed by atoms with E-state index < -0.39 is 15.7 Å². The van der Waals surface area contributed by atoms with Crippen LogP contribution in [0.4, 0.5) is 4.39 Å². The van der Waals surface area contributed by atoms with E-state index in [-0.39, 0.29) is 23.1 Å². The number of nitrogens with one attached hydrogen (secondary N) is 1. The van der Waals surface area contributed by atoms with Crippen LogP contribution in [0.3, 0.4) is 0 Å². The molecule has 0 saturated heterocycles. The summed E-state index contributed by atoms with van der Waals surface area (Å²) < 4.78 is 37.5. The average Bonchev–Trinajstić information content (AvgIpc) is 2.62. The quantitative estimate of drug-likeness (QED) is 0.665. The normalized spacial score (nSPS) is 11.6. The van der Waals surface area contributed by atoms with Crippen molar-refractivity contribution in [2.75, 3.05) is 12.3 Å². The summed E-state index contributed by atoms with van der Waals surface area (Å²) in [6.07, 6.45) is 0. The molecular weight excluding hydrogens is 379 g/mol. The highest BCUT2D eigenvalue weighted by molar-refractivity contribution is 7.91. The summed E-state index contributed by atoms with van der Waals surface area (Å²) in [6, 6.07) is 10.4. The molecular formula is C21H21FN2O3S. The Balaban J connectivity index is 1.74. The van der Waals surface area contributed by atoms with Crippen molar-refractivity contribution in [3.05, 3.63) is 70.7 Å². The molecule has 1 heterocycles. The molecule has 0 unspecified atom stereocenters.